The molecular formula is C10H15Cl2NOSSi. The van der Waals surface area contributed by atoms with Crippen LogP contribution < -0.4 is 10.5 Å². The minimum atomic E-state index is -1.53. The molecule has 0 unspecified atom stereocenters. The zero-order chi connectivity index (χ0) is 12.3. The van der Waals surface area contributed by atoms with Gasteiger partial charge < -0.3 is 5.32 Å². The number of carbonyl (C=O) groups excluding carboxylic acids is 1. The summed E-state index contributed by atoms with van der Waals surface area (Å²) >= 11 is 12.9. The molecule has 0 atom stereocenters. The number of rotatable bonds is 4. The molecule has 1 aromatic rings. The Kier molecular flexibility index (Phi) is 4.85. The number of halogens is 2. The Labute approximate surface area is 111 Å². The zero-order valence-corrected chi connectivity index (χ0v) is 12.9. The lowest BCUT2D eigenvalue weighted by molar-refractivity contribution is 0.0961. The van der Waals surface area contributed by atoms with Gasteiger partial charge in [0, 0.05) is 12.4 Å². The number of thiophene rings is 1. The van der Waals surface area contributed by atoms with Crippen LogP contribution in [0.25, 0.3) is 0 Å². The SMILES string of the molecule is C[Si](C)(C)c1cc(Cl)sc1C(=O)NCCCl. The van der Waals surface area contributed by atoms with Crippen LogP contribution in [0.15, 0.2) is 6.07 Å². The minimum absolute atomic E-state index is 0.0602. The van der Waals surface area contributed by atoms with Crippen LogP contribution in [0.2, 0.25) is 24.0 Å². The fraction of sp³-hybridized carbons (Fsp3) is 0.500. The van der Waals surface area contributed by atoms with Gasteiger partial charge >= 0.3 is 0 Å². The summed E-state index contributed by atoms with van der Waals surface area (Å²) in [5.41, 5.74) is 0. The van der Waals surface area contributed by atoms with E-state index < -0.39 is 8.07 Å². The monoisotopic (exact) mass is 295 g/mol. The molecule has 0 aromatic carbocycles. The van der Waals surface area contributed by atoms with Gasteiger partial charge in [-0.15, -0.1) is 22.9 Å². The average molecular weight is 296 g/mol. The second-order valence-corrected chi connectivity index (χ2v) is 11.6. The largest absolute Gasteiger partial charge is 0.350 e. The summed E-state index contributed by atoms with van der Waals surface area (Å²) in [7, 11) is -1.53. The van der Waals surface area contributed by atoms with Gasteiger partial charge in [0.25, 0.3) is 5.91 Å². The second kappa shape index (κ2) is 5.54. The maximum Gasteiger partial charge on any atom is 0.261 e. The molecule has 0 radical (unpaired) electrons. The topological polar surface area (TPSA) is 29.1 Å². The summed E-state index contributed by atoms with van der Waals surface area (Å²) in [6.45, 7) is 7.08. The van der Waals surface area contributed by atoms with E-state index in [4.69, 9.17) is 23.2 Å². The summed E-state index contributed by atoms with van der Waals surface area (Å²) in [4.78, 5) is 12.6. The predicted molar refractivity (Wildman–Crippen MR) is 75.4 cm³/mol. The molecule has 0 saturated heterocycles. The van der Waals surface area contributed by atoms with E-state index in [2.05, 4.69) is 25.0 Å². The van der Waals surface area contributed by atoms with E-state index in [1.54, 1.807) is 0 Å². The number of carbonyl (C=O) groups is 1. The summed E-state index contributed by atoms with van der Waals surface area (Å²) in [5.74, 6) is 0.364. The van der Waals surface area contributed by atoms with Crippen molar-refractivity contribution in [3.8, 4) is 0 Å². The first-order valence-corrected chi connectivity index (χ1v) is 10.2. The summed E-state index contributed by atoms with van der Waals surface area (Å²) < 4.78 is 0.674. The highest BCUT2D eigenvalue weighted by atomic mass is 35.5. The quantitative estimate of drug-likeness (QED) is 0.672. The Morgan fingerprint density at radius 1 is 1.50 bits per heavy atom. The normalized spacial score (nSPS) is 11.6. The highest BCUT2D eigenvalue weighted by Crippen LogP contribution is 2.23. The van der Waals surface area contributed by atoms with Crippen LogP contribution >= 0.6 is 34.5 Å². The van der Waals surface area contributed by atoms with Gasteiger partial charge in [-0.3, -0.25) is 4.79 Å². The van der Waals surface area contributed by atoms with E-state index in [1.807, 2.05) is 6.07 Å². The molecule has 0 bridgehead atoms. The number of hydrogen-bond acceptors (Lipinski definition) is 2. The maximum atomic E-state index is 11.9. The van der Waals surface area contributed by atoms with Crippen LogP contribution in [0.1, 0.15) is 9.67 Å². The van der Waals surface area contributed by atoms with E-state index in [1.165, 1.54) is 11.3 Å². The van der Waals surface area contributed by atoms with E-state index in [0.29, 0.717) is 16.8 Å². The first-order valence-electron chi connectivity index (χ1n) is 5.00. The minimum Gasteiger partial charge on any atom is -0.350 e. The van der Waals surface area contributed by atoms with Crippen molar-refractivity contribution in [2.24, 2.45) is 0 Å². The smallest absolute Gasteiger partial charge is 0.261 e. The fourth-order valence-corrected chi connectivity index (χ4v) is 5.11. The van der Waals surface area contributed by atoms with E-state index in [9.17, 15) is 4.79 Å². The first-order chi connectivity index (χ1) is 7.36. The van der Waals surface area contributed by atoms with Gasteiger partial charge in [0.1, 0.15) is 0 Å². The molecule has 0 spiro atoms. The first kappa shape index (κ1) is 14.0. The van der Waals surface area contributed by atoms with Gasteiger partial charge in [-0.05, 0) is 11.3 Å². The third-order valence-electron chi connectivity index (χ3n) is 2.10. The van der Waals surface area contributed by atoms with Gasteiger partial charge in [-0.1, -0.05) is 31.2 Å². The van der Waals surface area contributed by atoms with Crippen molar-refractivity contribution in [1.82, 2.24) is 5.32 Å². The average Bonchev–Trinajstić information content (AvgIpc) is 2.56. The van der Waals surface area contributed by atoms with Crippen molar-refractivity contribution in [3.63, 3.8) is 0 Å². The molecule has 0 fully saturated rings. The Morgan fingerprint density at radius 3 is 2.62 bits per heavy atom. The molecule has 16 heavy (non-hydrogen) atoms. The van der Waals surface area contributed by atoms with Gasteiger partial charge in [0.15, 0.2) is 0 Å². The van der Waals surface area contributed by atoms with Crippen LogP contribution in [-0.4, -0.2) is 26.4 Å². The van der Waals surface area contributed by atoms with E-state index in [-0.39, 0.29) is 5.91 Å². The third-order valence-corrected chi connectivity index (χ3v) is 5.74. The number of alkyl halides is 1. The van der Waals surface area contributed by atoms with Gasteiger partial charge in [0.2, 0.25) is 0 Å². The summed E-state index contributed by atoms with van der Waals surface area (Å²) in [5, 5.41) is 3.90. The number of hydrogen-bond donors (Lipinski definition) is 1. The molecule has 1 N–H and O–H groups in total. The van der Waals surface area contributed by atoms with Crippen molar-refractivity contribution in [1.29, 1.82) is 0 Å². The molecule has 6 heteroatoms. The molecule has 0 aliphatic rings. The number of amides is 1. The standard InChI is InChI=1S/C10H15Cl2NOSSi/c1-16(2,3)7-6-8(12)15-9(7)10(14)13-5-4-11/h6H,4-5H2,1-3H3,(H,13,14). The van der Waals surface area contributed by atoms with Crippen molar-refractivity contribution >= 4 is 53.7 Å². The molecule has 1 rings (SSSR count). The highest BCUT2D eigenvalue weighted by Gasteiger charge is 2.26. The summed E-state index contributed by atoms with van der Waals surface area (Å²) in [6.07, 6.45) is 0. The van der Waals surface area contributed by atoms with Crippen molar-refractivity contribution < 1.29 is 4.79 Å². The van der Waals surface area contributed by atoms with Crippen LogP contribution in [0.3, 0.4) is 0 Å². The number of nitrogens with one attached hydrogen (secondary N) is 1. The Morgan fingerprint density at radius 2 is 2.12 bits per heavy atom. The van der Waals surface area contributed by atoms with Crippen LogP contribution in [0, 0.1) is 0 Å². The van der Waals surface area contributed by atoms with Crippen molar-refractivity contribution in [3.05, 3.63) is 15.3 Å². The lowest BCUT2D eigenvalue weighted by Gasteiger charge is -2.16. The van der Waals surface area contributed by atoms with Crippen molar-refractivity contribution in [2.75, 3.05) is 12.4 Å². The lowest BCUT2D eigenvalue weighted by Crippen LogP contribution is -2.41. The van der Waals surface area contributed by atoms with Gasteiger partial charge in [0.05, 0.1) is 17.3 Å². The van der Waals surface area contributed by atoms with Crippen molar-refractivity contribution in [2.45, 2.75) is 19.6 Å². The molecule has 1 amide bonds. The molecule has 0 saturated carbocycles. The summed E-state index contributed by atoms with van der Waals surface area (Å²) in [6, 6.07) is 1.92. The van der Waals surface area contributed by atoms with Crippen LogP contribution in [-0.2, 0) is 0 Å². The van der Waals surface area contributed by atoms with Crippen LogP contribution in [0.5, 0.6) is 0 Å². The van der Waals surface area contributed by atoms with Gasteiger partial charge in [-0.2, -0.15) is 0 Å². The van der Waals surface area contributed by atoms with E-state index in [0.717, 1.165) is 10.1 Å². The fourth-order valence-electron chi connectivity index (χ4n) is 1.33. The molecule has 0 aliphatic carbocycles. The molecule has 2 nitrogen and oxygen atoms in total. The molecule has 1 aromatic heterocycles. The van der Waals surface area contributed by atoms with Gasteiger partial charge in [-0.25, -0.2) is 0 Å². The zero-order valence-electron chi connectivity index (χ0n) is 9.56. The second-order valence-electron chi connectivity index (χ2n) is 4.49. The van der Waals surface area contributed by atoms with E-state index >= 15 is 0 Å². The molecular weight excluding hydrogens is 281 g/mol. The predicted octanol–water partition coefficient (Wildman–Crippen LogP) is 2.92. The maximum absolute atomic E-state index is 11.9. The Hall–Kier alpha value is -0.0331. The third kappa shape index (κ3) is 3.48. The molecule has 1 heterocycles. The van der Waals surface area contributed by atoms with Crippen LogP contribution in [0.4, 0.5) is 0 Å². The highest BCUT2D eigenvalue weighted by molar-refractivity contribution is 7.20. The Bertz CT molecular complexity index is 387. The molecule has 90 valence electrons. The lowest BCUT2D eigenvalue weighted by atomic mass is 10.4. The Balaban J connectivity index is 2.99. The molecule has 0 aliphatic heterocycles.